The van der Waals surface area contributed by atoms with Crippen LogP contribution in [0.25, 0.3) is 0 Å². The van der Waals surface area contributed by atoms with Gasteiger partial charge in [0, 0.05) is 43.3 Å². The number of phenolic OH excluding ortho intramolecular Hbond substituents is 1. The Kier molecular flexibility index (Phi) is 6.42. The molecule has 1 aliphatic heterocycles. The van der Waals surface area contributed by atoms with Gasteiger partial charge in [0.1, 0.15) is 0 Å². The molecule has 0 aliphatic carbocycles. The van der Waals surface area contributed by atoms with E-state index in [1.807, 2.05) is 17.1 Å². The Bertz CT molecular complexity index is 763. The third-order valence-electron chi connectivity index (χ3n) is 4.54. The maximum Gasteiger partial charge on any atom is 0.200 e. The summed E-state index contributed by atoms with van der Waals surface area (Å²) in [7, 11) is 3.02. The molecule has 0 spiro atoms. The number of phenols is 1. The lowest BCUT2D eigenvalue weighted by Crippen LogP contribution is -2.43. The molecule has 3 rings (SSSR count). The Morgan fingerprint density at radius 2 is 1.63 bits per heavy atom. The first-order valence-electron chi connectivity index (χ1n) is 8.79. The largest absolute Gasteiger partial charge is 0.502 e. The van der Waals surface area contributed by atoms with Crippen molar-refractivity contribution < 1.29 is 14.6 Å². The quantitative estimate of drug-likeness (QED) is 0.769. The lowest BCUT2D eigenvalue weighted by molar-refractivity contribution is 0.131. The number of benzene rings is 2. The number of hydrogen-bond acceptors (Lipinski definition) is 6. The molecule has 2 aromatic carbocycles. The number of piperazine rings is 1. The van der Waals surface area contributed by atoms with Gasteiger partial charge in [0.05, 0.1) is 20.4 Å². The second-order valence-corrected chi connectivity index (χ2v) is 6.81. The molecule has 144 valence electrons. The van der Waals surface area contributed by atoms with Gasteiger partial charge in [-0.15, -0.1) is 0 Å². The Labute approximate surface area is 164 Å². The predicted octanol–water partition coefficient (Wildman–Crippen LogP) is 3.21. The highest BCUT2D eigenvalue weighted by atomic mass is 35.5. The van der Waals surface area contributed by atoms with Crippen molar-refractivity contribution in [2.24, 2.45) is 5.10 Å². The van der Waals surface area contributed by atoms with E-state index < -0.39 is 0 Å². The Morgan fingerprint density at radius 3 is 2.19 bits per heavy atom. The molecule has 7 heteroatoms. The van der Waals surface area contributed by atoms with Gasteiger partial charge in [-0.2, -0.15) is 5.10 Å². The zero-order valence-corrected chi connectivity index (χ0v) is 16.3. The first kappa shape index (κ1) is 19.3. The third-order valence-corrected chi connectivity index (χ3v) is 4.79. The molecule has 0 unspecified atom stereocenters. The summed E-state index contributed by atoms with van der Waals surface area (Å²) in [5.74, 6) is 0.722. The van der Waals surface area contributed by atoms with Gasteiger partial charge in [0.15, 0.2) is 11.5 Å². The minimum atomic E-state index is -0.00652. The molecule has 0 amide bonds. The van der Waals surface area contributed by atoms with E-state index >= 15 is 0 Å². The van der Waals surface area contributed by atoms with E-state index in [0.717, 1.165) is 43.3 Å². The second-order valence-electron chi connectivity index (χ2n) is 6.37. The third kappa shape index (κ3) is 5.05. The minimum Gasteiger partial charge on any atom is -0.502 e. The Hall–Kier alpha value is -2.44. The maximum atomic E-state index is 9.98. The molecule has 2 aromatic rings. The molecule has 0 radical (unpaired) electrons. The summed E-state index contributed by atoms with van der Waals surface area (Å²) in [6.07, 6.45) is 1.76. The summed E-state index contributed by atoms with van der Waals surface area (Å²) in [6, 6.07) is 11.5. The Balaban J connectivity index is 1.56. The van der Waals surface area contributed by atoms with Crippen molar-refractivity contribution >= 4 is 17.8 Å². The highest BCUT2D eigenvalue weighted by Crippen LogP contribution is 2.36. The number of aromatic hydroxyl groups is 1. The average Bonchev–Trinajstić information content (AvgIpc) is 2.70. The van der Waals surface area contributed by atoms with Crippen LogP contribution in [0.2, 0.25) is 5.02 Å². The number of hydrogen-bond donors (Lipinski definition) is 1. The van der Waals surface area contributed by atoms with Gasteiger partial charge in [0.25, 0.3) is 0 Å². The number of methoxy groups -OCH3 is 2. The standard InChI is InChI=1S/C20H24ClN3O3/c1-26-18-11-16(12-19(27-2)20(18)25)13-22-24-9-7-23(8-10-24)14-15-3-5-17(21)6-4-15/h3-6,11-13,25H,7-10,14H2,1-2H3. The van der Waals surface area contributed by atoms with E-state index in [2.05, 4.69) is 22.1 Å². The van der Waals surface area contributed by atoms with Gasteiger partial charge < -0.3 is 14.6 Å². The summed E-state index contributed by atoms with van der Waals surface area (Å²) >= 11 is 5.94. The summed E-state index contributed by atoms with van der Waals surface area (Å²) < 4.78 is 10.4. The number of nitrogens with zero attached hydrogens (tertiary/aromatic N) is 3. The van der Waals surface area contributed by atoms with Crippen LogP contribution < -0.4 is 9.47 Å². The van der Waals surface area contributed by atoms with Crippen molar-refractivity contribution in [2.45, 2.75) is 6.54 Å². The van der Waals surface area contributed by atoms with Crippen LogP contribution in [0.3, 0.4) is 0 Å². The fourth-order valence-electron chi connectivity index (χ4n) is 3.00. The highest BCUT2D eigenvalue weighted by Gasteiger charge is 2.16. The number of ether oxygens (including phenoxy) is 2. The lowest BCUT2D eigenvalue weighted by atomic mass is 10.2. The lowest BCUT2D eigenvalue weighted by Gasteiger charge is -2.33. The van der Waals surface area contributed by atoms with Crippen LogP contribution in [0.4, 0.5) is 0 Å². The number of hydrazone groups is 1. The van der Waals surface area contributed by atoms with Crippen molar-refractivity contribution in [3.05, 3.63) is 52.5 Å². The zero-order valence-electron chi connectivity index (χ0n) is 15.6. The zero-order chi connectivity index (χ0) is 19.2. The molecule has 0 aromatic heterocycles. The summed E-state index contributed by atoms with van der Waals surface area (Å²) in [6.45, 7) is 4.53. The molecular weight excluding hydrogens is 366 g/mol. The predicted molar refractivity (Wildman–Crippen MR) is 107 cm³/mol. The molecule has 1 saturated heterocycles. The first-order valence-corrected chi connectivity index (χ1v) is 9.17. The molecular formula is C20H24ClN3O3. The van der Waals surface area contributed by atoms with Gasteiger partial charge in [-0.05, 0) is 29.8 Å². The van der Waals surface area contributed by atoms with Gasteiger partial charge in [0.2, 0.25) is 5.75 Å². The second kappa shape index (κ2) is 8.97. The molecule has 1 N–H and O–H groups in total. The van der Waals surface area contributed by atoms with Gasteiger partial charge in [-0.25, -0.2) is 0 Å². The highest BCUT2D eigenvalue weighted by molar-refractivity contribution is 6.30. The topological polar surface area (TPSA) is 57.5 Å². The molecule has 1 fully saturated rings. The fourth-order valence-corrected chi connectivity index (χ4v) is 3.12. The minimum absolute atomic E-state index is 0.00652. The maximum absolute atomic E-state index is 9.98. The van der Waals surface area contributed by atoms with E-state index in [-0.39, 0.29) is 5.75 Å². The van der Waals surface area contributed by atoms with E-state index in [9.17, 15) is 5.11 Å². The van der Waals surface area contributed by atoms with Crippen molar-refractivity contribution in [1.82, 2.24) is 9.91 Å². The van der Waals surface area contributed by atoms with Crippen LogP contribution in [-0.2, 0) is 6.54 Å². The number of rotatable bonds is 6. The van der Waals surface area contributed by atoms with Crippen LogP contribution in [0, 0.1) is 0 Å². The van der Waals surface area contributed by atoms with E-state index in [1.165, 1.54) is 19.8 Å². The SMILES string of the molecule is COc1cc(C=NN2CCN(Cc3ccc(Cl)cc3)CC2)cc(OC)c1O. The van der Waals surface area contributed by atoms with Crippen molar-refractivity contribution in [1.29, 1.82) is 0 Å². The molecule has 0 atom stereocenters. The van der Waals surface area contributed by atoms with Gasteiger partial charge >= 0.3 is 0 Å². The monoisotopic (exact) mass is 389 g/mol. The van der Waals surface area contributed by atoms with E-state index in [0.29, 0.717) is 11.5 Å². The van der Waals surface area contributed by atoms with Gasteiger partial charge in [-0.1, -0.05) is 23.7 Å². The normalized spacial score (nSPS) is 15.3. The van der Waals surface area contributed by atoms with Crippen LogP contribution in [0.15, 0.2) is 41.5 Å². The molecule has 0 bridgehead atoms. The molecule has 1 aliphatic rings. The summed E-state index contributed by atoms with van der Waals surface area (Å²) in [4.78, 5) is 2.40. The first-order chi connectivity index (χ1) is 13.1. The van der Waals surface area contributed by atoms with Crippen molar-refractivity contribution in [2.75, 3.05) is 40.4 Å². The van der Waals surface area contributed by atoms with Crippen molar-refractivity contribution in [3.8, 4) is 17.2 Å². The van der Waals surface area contributed by atoms with E-state index in [4.69, 9.17) is 21.1 Å². The molecule has 0 saturated carbocycles. The van der Waals surface area contributed by atoms with Gasteiger partial charge in [-0.3, -0.25) is 9.91 Å². The smallest absolute Gasteiger partial charge is 0.200 e. The van der Waals surface area contributed by atoms with E-state index in [1.54, 1.807) is 18.3 Å². The molecule has 6 nitrogen and oxygen atoms in total. The van der Waals surface area contributed by atoms with Crippen LogP contribution in [0.1, 0.15) is 11.1 Å². The summed E-state index contributed by atoms with van der Waals surface area (Å²) in [5.41, 5.74) is 2.07. The average molecular weight is 390 g/mol. The Morgan fingerprint density at radius 1 is 1.04 bits per heavy atom. The number of halogens is 1. The van der Waals surface area contributed by atoms with Crippen molar-refractivity contribution in [3.63, 3.8) is 0 Å². The molecule has 27 heavy (non-hydrogen) atoms. The summed E-state index contributed by atoms with van der Waals surface area (Å²) in [5, 5.41) is 17.3. The van der Waals surface area contributed by atoms with Crippen LogP contribution in [0.5, 0.6) is 17.2 Å². The van der Waals surface area contributed by atoms with Crippen LogP contribution >= 0.6 is 11.6 Å². The molecule has 1 heterocycles. The fraction of sp³-hybridized carbons (Fsp3) is 0.350. The van der Waals surface area contributed by atoms with Crippen LogP contribution in [-0.4, -0.2) is 61.6 Å².